The van der Waals surface area contributed by atoms with E-state index in [4.69, 9.17) is 0 Å². The van der Waals surface area contributed by atoms with Crippen molar-refractivity contribution in [2.24, 2.45) is 0 Å². The van der Waals surface area contributed by atoms with E-state index in [2.05, 4.69) is 0 Å². The van der Waals surface area contributed by atoms with Gasteiger partial charge >= 0.3 is 0 Å². The summed E-state index contributed by atoms with van der Waals surface area (Å²) in [7, 11) is 0. The Labute approximate surface area is 192 Å². The van der Waals surface area contributed by atoms with Crippen molar-refractivity contribution in [3.05, 3.63) is 100 Å². The molecule has 0 saturated heterocycles. The van der Waals surface area contributed by atoms with Crippen LogP contribution in [0.1, 0.15) is 48.7 Å². The molecule has 2 unspecified atom stereocenters. The van der Waals surface area contributed by atoms with Crippen LogP contribution in [0.3, 0.4) is 0 Å². The van der Waals surface area contributed by atoms with E-state index in [0.717, 1.165) is 11.3 Å². The van der Waals surface area contributed by atoms with Crippen molar-refractivity contribution in [1.82, 2.24) is 0 Å². The lowest BCUT2D eigenvalue weighted by Crippen LogP contribution is -2.47. The number of fused-ring (bicyclic) bond motifs is 1. The van der Waals surface area contributed by atoms with Crippen LogP contribution in [0.25, 0.3) is 0 Å². The average molecular weight is 444 g/mol. The second kappa shape index (κ2) is 9.24. The molecule has 3 aromatic rings. The largest absolute Gasteiger partial charge is 0.309 e. The lowest BCUT2D eigenvalue weighted by atomic mass is 9.89. The Morgan fingerprint density at radius 3 is 2.42 bits per heavy atom. The van der Waals surface area contributed by atoms with Crippen molar-refractivity contribution < 1.29 is 14.5 Å². The molecule has 4 rings (SSSR count). The number of anilines is 2. The summed E-state index contributed by atoms with van der Waals surface area (Å²) in [5.41, 5.74) is 2.47. The van der Waals surface area contributed by atoms with Gasteiger partial charge in [-0.05, 0) is 43.2 Å². The van der Waals surface area contributed by atoms with Crippen LogP contribution >= 0.6 is 0 Å². The fraction of sp³-hybridized carbons (Fsp3) is 0.231. The van der Waals surface area contributed by atoms with E-state index in [1.54, 1.807) is 11.0 Å². The molecule has 7 nitrogen and oxygen atoms in total. The third-order valence-corrected chi connectivity index (χ3v) is 6.00. The molecular formula is C26H25N3O4. The number of nitro benzene ring substituents is 1. The maximum atomic E-state index is 13.8. The van der Waals surface area contributed by atoms with E-state index in [-0.39, 0.29) is 35.1 Å². The van der Waals surface area contributed by atoms with Crippen molar-refractivity contribution >= 4 is 28.9 Å². The molecule has 0 fully saturated rings. The smallest absolute Gasteiger partial charge is 0.270 e. The van der Waals surface area contributed by atoms with Gasteiger partial charge in [-0.1, -0.05) is 49.4 Å². The number of hydrogen-bond acceptors (Lipinski definition) is 4. The van der Waals surface area contributed by atoms with E-state index in [0.29, 0.717) is 18.5 Å². The van der Waals surface area contributed by atoms with Gasteiger partial charge in [-0.25, -0.2) is 0 Å². The summed E-state index contributed by atoms with van der Waals surface area (Å²) >= 11 is 0. The minimum Gasteiger partial charge on any atom is -0.309 e. The number of hydrogen-bond donors (Lipinski definition) is 0. The van der Waals surface area contributed by atoms with Gasteiger partial charge in [-0.3, -0.25) is 19.7 Å². The molecule has 0 spiro atoms. The molecule has 0 aromatic heterocycles. The van der Waals surface area contributed by atoms with E-state index in [1.165, 1.54) is 18.2 Å². The van der Waals surface area contributed by atoms with Crippen LogP contribution in [-0.2, 0) is 4.79 Å². The molecule has 0 radical (unpaired) electrons. The van der Waals surface area contributed by atoms with Crippen LogP contribution in [0.5, 0.6) is 0 Å². The zero-order valence-electron chi connectivity index (χ0n) is 18.5. The molecular weight excluding hydrogens is 418 g/mol. The number of rotatable bonds is 5. The molecule has 1 heterocycles. The molecule has 2 amide bonds. The van der Waals surface area contributed by atoms with Gasteiger partial charge in [-0.15, -0.1) is 0 Å². The van der Waals surface area contributed by atoms with Gasteiger partial charge in [0.1, 0.15) is 0 Å². The predicted octanol–water partition coefficient (Wildman–Crippen LogP) is 5.52. The third kappa shape index (κ3) is 4.22. The van der Waals surface area contributed by atoms with Gasteiger partial charge in [0.25, 0.3) is 11.6 Å². The average Bonchev–Trinajstić information content (AvgIpc) is 2.84. The van der Waals surface area contributed by atoms with E-state index >= 15 is 0 Å². The van der Waals surface area contributed by atoms with E-state index in [1.807, 2.05) is 73.3 Å². The zero-order valence-corrected chi connectivity index (χ0v) is 18.5. The van der Waals surface area contributed by atoms with Crippen molar-refractivity contribution in [3.63, 3.8) is 0 Å². The molecule has 0 saturated carbocycles. The van der Waals surface area contributed by atoms with Gasteiger partial charge in [0.15, 0.2) is 0 Å². The maximum Gasteiger partial charge on any atom is 0.270 e. The Morgan fingerprint density at radius 1 is 1.03 bits per heavy atom. The molecule has 3 aromatic carbocycles. The fourth-order valence-corrected chi connectivity index (χ4v) is 4.50. The van der Waals surface area contributed by atoms with Crippen LogP contribution in [0.4, 0.5) is 17.1 Å². The van der Waals surface area contributed by atoms with Gasteiger partial charge in [-0.2, -0.15) is 0 Å². The summed E-state index contributed by atoms with van der Waals surface area (Å²) in [4.78, 5) is 40.9. The Bertz CT molecular complexity index is 1190. The molecule has 7 heteroatoms. The molecule has 1 aliphatic rings. The number of carbonyl (C=O) groups is 2. The Kier molecular flexibility index (Phi) is 6.22. The standard InChI is InChI=1S/C26H25N3O4/c1-3-25(30)27-18(2)16-24(22-14-7-8-15-23(22)27)28(20-11-5-4-6-12-20)26(31)19-10-9-13-21(17-19)29(32)33/h4-15,17-18,24H,3,16H2,1-2H3. The lowest BCUT2D eigenvalue weighted by molar-refractivity contribution is -0.384. The van der Waals surface area contributed by atoms with E-state index < -0.39 is 4.92 Å². The topological polar surface area (TPSA) is 83.8 Å². The first-order valence-corrected chi connectivity index (χ1v) is 11.0. The molecule has 0 N–H and O–H groups in total. The normalized spacial score (nSPS) is 17.2. The highest BCUT2D eigenvalue weighted by molar-refractivity contribution is 6.07. The zero-order chi connectivity index (χ0) is 23.5. The van der Waals surface area contributed by atoms with Gasteiger partial charge < -0.3 is 9.80 Å². The first kappa shape index (κ1) is 22.2. The summed E-state index contributed by atoms with van der Waals surface area (Å²) < 4.78 is 0. The first-order valence-electron chi connectivity index (χ1n) is 11.0. The number of non-ortho nitro benzene ring substituents is 1. The van der Waals surface area contributed by atoms with Crippen molar-refractivity contribution in [3.8, 4) is 0 Å². The van der Waals surface area contributed by atoms with Gasteiger partial charge in [0.05, 0.1) is 11.0 Å². The molecule has 1 aliphatic heterocycles. The molecule has 33 heavy (non-hydrogen) atoms. The van der Waals surface area contributed by atoms with Crippen LogP contribution in [0, 0.1) is 10.1 Å². The molecule has 0 aliphatic carbocycles. The Hall–Kier alpha value is -4.00. The predicted molar refractivity (Wildman–Crippen MR) is 127 cm³/mol. The van der Waals surface area contributed by atoms with Gasteiger partial charge in [0.2, 0.25) is 5.91 Å². The second-order valence-corrected chi connectivity index (χ2v) is 8.09. The SMILES string of the molecule is CCC(=O)N1c2ccccc2C(N(C(=O)c2cccc([N+](=O)[O-])c2)c2ccccc2)CC1C. The van der Waals surface area contributed by atoms with Crippen LogP contribution in [-0.4, -0.2) is 22.8 Å². The lowest BCUT2D eigenvalue weighted by Gasteiger charge is -2.43. The summed E-state index contributed by atoms with van der Waals surface area (Å²) in [5, 5.41) is 11.3. The first-order chi connectivity index (χ1) is 15.9. The Balaban J connectivity index is 1.85. The van der Waals surface area contributed by atoms with Crippen LogP contribution in [0.15, 0.2) is 78.9 Å². The van der Waals surface area contributed by atoms with Crippen molar-refractivity contribution in [2.45, 2.75) is 38.8 Å². The minimum absolute atomic E-state index is 0.0321. The number of carbonyl (C=O) groups excluding carboxylic acids is 2. The van der Waals surface area contributed by atoms with Crippen LogP contribution < -0.4 is 9.80 Å². The highest BCUT2D eigenvalue weighted by atomic mass is 16.6. The number of benzene rings is 3. The van der Waals surface area contributed by atoms with Crippen molar-refractivity contribution in [2.75, 3.05) is 9.80 Å². The maximum absolute atomic E-state index is 13.8. The monoisotopic (exact) mass is 443 g/mol. The highest BCUT2D eigenvalue weighted by Gasteiger charge is 2.38. The molecule has 0 bridgehead atoms. The quantitative estimate of drug-likeness (QED) is 0.384. The fourth-order valence-electron chi connectivity index (χ4n) is 4.50. The summed E-state index contributed by atoms with van der Waals surface area (Å²) in [6.45, 7) is 3.82. The summed E-state index contributed by atoms with van der Waals surface area (Å²) in [6, 6.07) is 22.3. The number of nitro groups is 1. The second-order valence-electron chi connectivity index (χ2n) is 8.09. The summed E-state index contributed by atoms with van der Waals surface area (Å²) in [6.07, 6.45) is 0.927. The third-order valence-electron chi connectivity index (χ3n) is 6.00. The number of para-hydroxylation sites is 2. The Morgan fingerprint density at radius 2 is 1.73 bits per heavy atom. The minimum atomic E-state index is -0.504. The summed E-state index contributed by atoms with van der Waals surface area (Å²) in [5.74, 6) is -0.295. The van der Waals surface area contributed by atoms with Crippen LogP contribution in [0.2, 0.25) is 0 Å². The number of nitrogens with zero attached hydrogens (tertiary/aromatic N) is 3. The van der Waals surface area contributed by atoms with E-state index in [9.17, 15) is 19.7 Å². The highest BCUT2D eigenvalue weighted by Crippen LogP contribution is 2.43. The van der Waals surface area contributed by atoms with Gasteiger partial charge in [0, 0.05) is 41.5 Å². The molecule has 2 atom stereocenters. The number of amides is 2. The van der Waals surface area contributed by atoms with Crippen molar-refractivity contribution in [1.29, 1.82) is 0 Å². The molecule has 168 valence electrons.